The Hall–Kier alpha value is -1.59. The molecule has 0 atom stereocenters. The number of hydrogen-bond acceptors (Lipinski definition) is 4. The van der Waals surface area contributed by atoms with Crippen LogP contribution in [-0.2, 0) is 0 Å². The van der Waals surface area contributed by atoms with Crippen LogP contribution in [0.4, 0.5) is 11.4 Å². The van der Waals surface area contributed by atoms with Crippen molar-refractivity contribution in [2.45, 2.75) is 45.1 Å². The maximum Gasteiger partial charge on any atom is 0.113 e. The van der Waals surface area contributed by atoms with Gasteiger partial charge in [0.1, 0.15) is 6.34 Å². The Kier molecular flexibility index (Phi) is 5.51. The van der Waals surface area contributed by atoms with Crippen LogP contribution >= 0.6 is 0 Å². The molecule has 1 aliphatic carbocycles. The van der Waals surface area contributed by atoms with E-state index in [4.69, 9.17) is 5.21 Å². The average molecular weight is 316 g/mol. The van der Waals surface area contributed by atoms with Gasteiger partial charge in [-0.2, -0.15) is 0 Å². The molecule has 126 valence electrons. The molecule has 1 saturated carbocycles. The molecule has 1 aromatic rings. The summed E-state index contributed by atoms with van der Waals surface area (Å²) in [6.07, 6.45) is 8.33. The van der Waals surface area contributed by atoms with Crippen molar-refractivity contribution in [2.24, 2.45) is 4.99 Å². The third kappa shape index (κ3) is 4.03. The van der Waals surface area contributed by atoms with Crippen LogP contribution in [0.25, 0.3) is 0 Å². The van der Waals surface area contributed by atoms with Crippen molar-refractivity contribution < 1.29 is 5.21 Å². The molecule has 0 amide bonds. The van der Waals surface area contributed by atoms with Crippen molar-refractivity contribution in [1.82, 2.24) is 10.4 Å². The van der Waals surface area contributed by atoms with E-state index in [1.807, 2.05) is 11.5 Å². The van der Waals surface area contributed by atoms with E-state index in [1.165, 1.54) is 57.2 Å². The molecule has 5 nitrogen and oxygen atoms in total. The molecule has 1 heterocycles. The lowest BCUT2D eigenvalue weighted by Crippen LogP contribution is -2.50. The lowest BCUT2D eigenvalue weighted by atomic mass is 9.94. The number of hydrogen-bond donors (Lipinski definition) is 2. The molecule has 3 rings (SSSR count). The number of aliphatic imine (C=N–C) groups is 1. The van der Waals surface area contributed by atoms with Crippen LogP contribution in [0.2, 0.25) is 0 Å². The zero-order valence-electron chi connectivity index (χ0n) is 14.0. The molecule has 0 bridgehead atoms. The van der Waals surface area contributed by atoms with E-state index in [0.29, 0.717) is 0 Å². The fraction of sp³-hybridized carbons (Fsp3) is 0.611. The van der Waals surface area contributed by atoms with E-state index in [2.05, 4.69) is 33.8 Å². The highest BCUT2D eigenvalue weighted by atomic mass is 16.5. The van der Waals surface area contributed by atoms with Crippen LogP contribution < -0.4 is 10.4 Å². The summed E-state index contributed by atoms with van der Waals surface area (Å²) in [5.74, 6) is 0. The SMILES string of the molecule is Cc1cc(N2CCN(C3CCCCC3)CC2)ccc1N=CNO. The van der Waals surface area contributed by atoms with Gasteiger partial charge in [0.2, 0.25) is 0 Å². The van der Waals surface area contributed by atoms with E-state index < -0.39 is 0 Å². The van der Waals surface area contributed by atoms with Gasteiger partial charge < -0.3 is 4.90 Å². The molecule has 0 aromatic heterocycles. The minimum atomic E-state index is 0.829. The first kappa shape index (κ1) is 16.3. The number of piperazine rings is 1. The molecule has 2 N–H and O–H groups in total. The Morgan fingerprint density at radius 1 is 1.13 bits per heavy atom. The number of hydroxylamine groups is 1. The summed E-state index contributed by atoms with van der Waals surface area (Å²) in [5, 5.41) is 8.60. The number of rotatable bonds is 4. The van der Waals surface area contributed by atoms with Crippen LogP contribution in [0.1, 0.15) is 37.7 Å². The molecule has 23 heavy (non-hydrogen) atoms. The van der Waals surface area contributed by atoms with Crippen LogP contribution in [0.15, 0.2) is 23.2 Å². The summed E-state index contributed by atoms with van der Waals surface area (Å²) in [4.78, 5) is 9.35. The maximum absolute atomic E-state index is 8.60. The molecule has 0 radical (unpaired) electrons. The maximum atomic E-state index is 8.60. The lowest BCUT2D eigenvalue weighted by molar-refractivity contribution is 0.148. The second-order valence-electron chi connectivity index (χ2n) is 6.67. The number of benzene rings is 1. The van der Waals surface area contributed by atoms with Gasteiger partial charge >= 0.3 is 0 Å². The summed E-state index contributed by atoms with van der Waals surface area (Å²) in [7, 11) is 0. The fourth-order valence-electron chi connectivity index (χ4n) is 3.87. The van der Waals surface area contributed by atoms with Crippen molar-refractivity contribution in [1.29, 1.82) is 0 Å². The first-order valence-corrected chi connectivity index (χ1v) is 8.80. The molecular weight excluding hydrogens is 288 g/mol. The number of anilines is 1. The number of aryl methyl sites for hydroxylation is 1. The molecule has 0 unspecified atom stereocenters. The standard InChI is InChI=1S/C18H28N4O/c1-15-13-17(7-8-18(15)19-14-20-23)22-11-9-21(10-12-22)16-5-3-2-4-6-16/h7-8,13-14,16,23H,2-6,9-12H2,1H3,(H,19,20). The molecule has 1 aliphatic heterocycles. The number of nitrogens with zero attached hydrogens (tertiary/aromatic N) is 3. The predicted octanol–water partition coefficient (Wildman–Crippen LogP) is 3.09. The van der Waals surface area contributed by atoms with E-state index in [-0.39, 0.29) is 0 Å². The van der Waals surface area contributed by atoms with Gasteiger partial charge in [-0.25, -0.2) is 4.99 Å². The van der Waals surface area contributed by atoms with Crippen molar-refractivity contribution in [3.05, 3.63) is 23.8 Å². The monoisotopic (exact) mass is 316 g/mol. The molecule has 1 aromatic carbocycles. The average Bonchev–Trinajstić information content (AvgIpc) is 2.61. The molecule has 2 fully saturated rings. The third-order valence-corrected chi connectivity index (χ3v) is 5.21. The van der Waals surface area contributed by atoms with Crippen molar-refractivity contribution in [2.75, 3.05) is 31.1 Å². The Morgan fingerprint density at radius 3 is 2.52 bits per heavy atom. The highest BCUT2D eigenvalue weighted by Crippen LogP contribution is 2.27. The Labute approximate surface area is 139 Å². The summed E-state index contributed by atoms with van der Waals surface area (Å²) in [6, 6.07) is 7.18. The second-order valence-corrected chi connectivity index (χ2v) is 6.67. The van der Waals surface area contributed by atoms with E-state index in [9.17, 15) is 0 Å². The summed E-state index contributed by atoms with van der Waals surface area (Å²) >= 11 is 0. The van der Waals surface area contributed by atoms with Gasteiger partial charge in [0.15, 0.2) is 0 Å². The Bertz CT molecular complexity index is 532. The van der Waals surface area contributed by atoms with Gasteiger partial charge in [0.05, 0.1) is 5.69 Å². The summed E-state index contributed by atoms with van der Waals surface area (Å²) < 4.78 is 0. The minimum absolute atomic E-state index is 0.829. The third-order valence-electron chi connectivity index (χ3n) is 5.21. The van der Waals surface area contributed by atoms with Gasteiger partial charge in [0.25, 0.3) is 0 Å². The highest BCUT2D eigenvalue weighted by molar-refractivity contribution is 5.64. The summed E-state index contributed by atoms with van der Waals surface area (Å²) in [6.45, 7) is 6.63. The van der Waals surface area contributed by atoms with Crippen molar-refractivity contribution in [3.63, 3.8) is 0 Å². The van der Waals surface area contributed by atoms with Gasteiger partial charge in [-0.05, 0) is 43.5 Å². The first-order valence-electron chi connectivity index (χ1n) is 8.80. The predicted molar refractivity (Wildman–Crippen MR) is 94.9 cm³/mol. The van der Waals surface area contributed by atoms with Crippen molar-refractivity contribution in [3.8, 4) is 0 Å². The number of nitrogens with one attached hydrogen (secondary N) is 1. The van der Waals surface area contributed by atoms with Crippen molar-refractivity contribution >= 4 is 17.7 Å². The van der Waals surface area contributed by atoms with E-state index in [1.54, 1.807) is 0 Å². The minimum Gasteiger partial charge on any atom is -0.369 e. The quantitative estimate of drug-likeness (QED) is 0.509. The normalized spacial score (nSPS) is 21.0. The van der Waals surface area contributed by atoms with Crippen LogP contribution in [0.3, 0.4) is 0 Å². The van der Waals surface area contributed by atoms with E-state index in [0.717, 1.165) is 30.4 Å². The molecule has 5 heteroatoms. The molecule has 2 aliphatic rings. The largest absolute Gasteiger partial charge is 0.369 e. The van der Waals surface area contributed by atoms with E-state index >= 15 is 0 Å². The molecular formula is C18H28N4O. The zero-order valence-corrected chi connectivity index (χ0v) is 14.0. The Morgan fingerprint density at radius 2 is 1.87 bits per heavy atom. The highest BCUT2D eigenvalue weighted by Gasteiger charge is 2.25. The summed E-state index contributed by atoms with van der Waals surface area (Å²) in [5.41, 5.74) is 5.24. The molecule has 1 saturated heterocycles. The van der Waals surface area contributed by atoms with Crippen LogP contribution in [0, 0.1) is 6.92 Å². The van der Waals surface area contributed by atoms with Gasteiger partial charge in [-0.15, -0.1) is 0 Å². The molecule has 0 spiro atoms. The van der Waals surface area contributed by atoms with Gasteiger partial charge in [0, 0.05) is 37.9 Å². The zero-order chi connectivity index (χ0) is 16.1. The topological polar surface area (TPSA) is 51.1 Å². The van der Waals surface area contributed by atoms with Gasteiger partial charge in [-0.3, -0.25) is 15.6 Å². The van der Waals surface area contributed by atoms with Gasteiger partial charge in [-0.1, -0.05) is 19.3 Å². The smallest absolute Gasteiger partial charge is 0.113 e. The first-order chi connectivity index (χ1) is 11.3. The van der Waals surface area contributed by atoms with Crippen LogP contribution in [-0.4, -0.2) is 48.7 Å². The lowest BCUT2D eigenvalue weighted by Gasteiger charge is -2.41. The van der Waals surface area contributed by atoms with Crippen LogP contribution in [0.5, 0.6) is 0 Å². The fourth-order valence-corrected chi connectivity index (χ4v) is 3.87. The second kappa shape index (κ2) is 7.79. The Balaban J connectivity index is 1.59.